The van der Waals surface area contributed by atoms with E-state index in [4.69, 9.17) is 9.97 Å². The summed E-state index contributed by atoms with van der Waals surface area (Å²) in [5, 5.41) is 6.76. The predicted octanol–water partition coefficient (Wildman–Crippen LogP) is 5.51. The van der Waals surface area contributed by atoms with E-state index in [1.807, 2.05) is 49.8 Å². The normalized spacial score (nSPS) is 11.0. The lowest BCUT2D eigenvalue weighted by atomic mass is 10.2. The minimum atomic E-state index is 0.830. The number of nitrogens with zero attached hydrogens (tertiary/aromatic N) is 4. The molecule has 0 aliphatic heterocycles. The van der Waals surface area contributed by atoms with E-state index in [-0.39, 0.29) is 0 Å². The lowest BCUT2D eigenvalue weighted by Gasteiger charge is -2.17. The van der Waals surface area contributed by atoms with Gasteiger partial charge in [0.2, 0.25) is 0 Å². The lowest BCUT2D eigenvalue weighted by Crippen LogP contribution is -2.12. The van der Waals surface area contributed by atoms with Crippen LogP contribution in [0.5, 0.6) is 0 Å². The van der Waals surface area contributed by atoms with E-state index >= 15 is 0 Å². The number of para-hydroxylation sites is 4. The molecule has 2 aromatic carbocycles. The third-order valence-electron chi connectivity index (χ3n) is 5.12. The van der Waals surface area contributed by atoms with Crippen molar-refractivity contribution in [2.24, 2.45) is 0 Å². The van der Waals surface area contributed by atoms with Crippen molar-refractivity contribution in [3.8, 4) is 5.82 Å². The molecule has 0 fully saturated rings. The molecule has 0 aliphatic rings. The Bertz CT molecular complexity index is 1150. The summed E-state index contributed by atoms with van der Waals surface area (Å²) in [6.45, 7) is 4.33. The van der Waals surface area contributed by atoms with E-state index in [0.717, 1.165) is 71.1 Å². The highest BCUT2D eigenvalue weighted by molar-refractivity contribution is 5.77. The fraction of sp³-hybridized carbons (Fsp3) is 0.292. The Hall–Kier alpha value is -3.41. The van der Waals surface area contributed by atoms with Crippen LogP contribution >= 0.6 is 0 Å². The Morgan fingerprint density at radius 3 is 2.30 bits per heavy atom. The number of benzene rings is 2. The van der Waals surface area contributed by atoms with Crippen molar-refractivity contribution in [1.29, 1.82) is 0 Å². The highest BCUT2D eigenvalue weighted by Crippen LogP contribution is 2.28. The summed E-state index contributed by atoms with van der Waals surface area (Å²) in [5.41, 5.74) is 5.98. The summed E-state index contributed by atoms with van der Waals surface area (Å²) in [6, 6.07) is 16.3. The highest BCUT2D eigenvalue weighted by Gasteiger charge is 2.17. The van der Waals surface area contributed by atoms with Crippen LogP contribution in [0.25, 0.3) is 16.9 Å². The second-order valence-corrected chi connectivity index (χ2v) is 7.31. The van der Waals surface area contributed by atoms with Crippen LogP contribution in [-0.2, 0) is 12.8 Å². The van der Waals surface area contributed by atoms with Gasteiger partial charge in [0.15, 0.2) is 11.6 Å². The number of imidazole rings is 1. The van der Waals surface area contributed by atoms with Gasteiger partial charge >= 0.3 is 0 Å². The van der Waals surface area contributed by atoms with Gasteiger partial charge in [0, 0.05) is 7.05 Å². The van der Waals surface area contributed by atoms with Gasteiger partial charge in [0.1, 0.15) is 6.33 Å². The molecule has 6 heteroatoms. The maximum absolute atomic E-state index is 5.10. The first-order chi connectivity index (χ1) is 14.7. The molecular weight excluding hydrogens is 372 g/mol. The Labute approximate surface area is 177 Å². The molecule has 0 saturated carbocycles. The van der Waals surface area contributed by atoms with Crippen LogP contribution in [0.15, 0.2) is 54.9 Å². The van der Waals surface area contributed by atoms with E-state index < -0.39 is 0 Å². The monoisotopic (exact) mass is 400 g/mol. The van der Waals surface area contributed by atoms with Gasteiger partial charge in [0.05, 0.1) is 33.8 Å². The van der Waals surface area contributed by atoms with Gasteiger partial charge < -0.3 is 10.6 Å². The summed E-state index contributed by atoms with van der Waals surface area (Å²) < 4.78 is 2.07. The van der Waals surface area contributed by atoms with Crippen LogP contribution in [-0.4, -0.2) is 26.6 Å². The Balaban J connectivity index is 1.85. The minimum absolute atomic E-state index is 0.830. The summed E-state index contributed by atoms with van der Waals surface area (Å²) in [5.74, 6) is 1.71. The molecule has 0 spiro atoms. The molecule has 2 N–H and O–H groups in total. The Morgan fingerprint density at radius 2 is 1.53 bits per heavy atom. The Kier molecular flexibility index (Phi) is 5.93. The maximum atomic E-state index is 5.10. The smallest absolute Gasteiger partial charge is 0.160 e. The fourth-order valence-electron chi connectivity index (χ4n) is 3.67. The van der Waals surface area contributed by atoms with Crippen molar-refractivity contribution in [3.05, 3.63) is 66.2 Å². The quantitative estimate of drug-likeness (QED) is 0.408. The van der Waals surface area contributed by atoms with Crippen LogP contribution < -0.4 is 10.6 Å². The van der Waals surface area contributed by atoms with Crippen molar-refractivity contribution in [2.45, 2.75) is 39.5 Å². The van der Waals surface area contributed by atoms with Gasteiger partial charge in [-0.3, -0.25) is 4.57 Å². The number of fused-ring (bicyclic) bond motifs is 1. The summed E-state index contributed by atoms with van der Waals surface area (Å²) in [6.07, 6.45) is 5.54. The van der Waals surface area contributed by atoms with Crippen LogP contribution in [0.4, 0.5) is 17.2 Å². The van der Waals surface area contributed by atoms with Crippen LogP contribution in [0.3, 0.4) is 0 Å². The molecule has 4 aromatic rings. The average Bonchev–Trinajstić information content (AvgIpc) is 3.20. The average molecular weight is 401 g/mol. The first-order valence-electron chi connectivity index (χ1n) is 10.6. The van der Waals surface area contributed by atoms with Gasteiger partial charge in [-0.2, -0.15) is 0 Å². The zero-order valence-electron chi connectivity index (χ0n) is 17.8. The van der Waals surface area contributed by atoms with Crippen molar-refractivity contribution in [1.82, 2.24) is 19.5 Å². The second kappa shape index (κ2) is 8.95. The molecule has 2 aromatic heterocycles. The summed E-state index contributed by atoms with van der Waals surface area (Å²) >= 11 is 0. The molecule has 6 nitrogen and oxygen atoms in total. The molecule has 0 saturated heterocycles. The van der Waals surface area contributed by atoms with Crippen LogP contribution in [0, 0.1) is 0 Å². The second-order valence-electron chi connectivity index (χ2n) is 7.31. The zero-order valence-corrected chi connectivity index (χ0v) is 17.8. The maximum Gasteiger partial charge on any atom is 0.160 e. The first-order valence-corrected chi connectivity index (χ1v) is 10.6. The standard InChI is InChI=1S/C24H28N6/c1-4-10-20-23(27-18-13-7-6-12-17(18)25-3)28-21(11-5-2)24(29-20)30-16-26-19-14-8-9-15-22(19)30/h6-9,12-16,25H,4-5,10-11H2,1-3H3,(H,27,28). The van der Waals surface area contributed by atoms with Crippen molar-refractivity contribution < 1.29 is 0 Å². The van der Waals surface area contributed by atoms with Gasteiger partial charge in [-0.05, 0) is 37.1 Å². The molecule has 0 amide bonds. The topological polar surface area (TPSA) is 67.7 Å². The SMILES string of the molecule is CCCc1nc(-n2cnc3ccccc32)c(CCC)nc1Nc1ccccc1NC. The number of hydrogen-bond donors (Lipinski definition) is 2. The lowest BCUT2D eigenvalue weighted by molar-refractivity contribution is 0.806. The van der Waals surface area contributed by atoms with Gasteiger partial charge in [-0.15, -0.1) is 0 Å². The van der Waals surface area contributed by atoms with E-state index in [9.17, 15) is 0 Å². The third-order valence-corrected chi connectivity index (χ3v) is 5.12. The van der Waals surface area contributed by atoms with Gasteiger partial charge in [-0.1, -0.05) is 51.0 Å². The van der Waals surface area contributed by atoms with E-state index in [2.05, 4.69) is 46.2 Å². The molecule has 30 heavy (non-hydrogen) atoms. The molecule has 4 rings (SSSR count). The summed E-state index contributed by atoms with van der Waals surface area (Å²) in [7, 11) is 1.93. The molecule has 0 radical (unpaired) electrons. The van der Waals surface area contributed by atoms with Crippen molar-refractivity contribution >= 4 is 28.2 Å². The minimum Gasteiger partial charge on any atom is -0.386 e. The van der Waals surface area contributed by atoms with Crippen molar-refractivity contribution in [3.63, 3.8) is 0 Å². The predicted molar refractivity (Wildman–Crippen MR) is 124 cm³/mol. The molecule has 0 atom stereocenters. The fourth-order valence-corrected chi connectivity index (χ4v) is 3.67. The largest absolute Gasteiger partial charge is 0.386 e. The number of anilines is 3. The van der Waals surface area contributed by atoms with Gasteiger partial charge in [-0.25, -0.2) is 15.0 Å². The molecular formula is C24H28N6. The zero-order chi connectivity index (χ0) is 20.9. The number of nitrogens with one attached hydrogen (secondary N) is 2. The Morgan fingerprint density at radius 1 is 0.833 bits per heavy atom. The first kappa shape index (κ1) is 19.9. The van der Waals surface area contributed by atoms with Crippen LogP contribution in [0.2, 0.25) is 0 Å². The molecule has 154 valence electrons. The van der Waals surface area contributed by atoms with E-state index in [1.165, 1.54) is 0 Å². The summed E-state index contributed by atoms with van der Waals surface area (Å²) in [4.78, 5) is 14.7. The number of aryl methyl sites for hydroxylation is 2. The number of aromatic nitrogens is 4. The van der Waals surface area contributed by atoms with Crippen molar-refractivity contribution in [2.75, 3.05) is 17.7 Å². The molecule has 0 aliphatic carbocycles. The molecule has 0 bridgehead atoms. The highest BCUT2D eigenvalue weighted by atomic mass is 15.2. The molecule has 0 unspecified atom stereocenters. The van der Waals surface area contributed by atoms with E-state index in [0.29, 0.717) is 0 Å². The van der Waals surface area contributed by atoms with Crippen LogP contribution in [0.1, 0.15) is 38.1 Å². The number of rotatable bonds is 8. The number of hydrogen-bond acceptors (Lipinski definition) is 5. The molecule has 2 heterocycles. The van der Waals surface area contributed by atoms with Gasteiger partial charge in [0.25, 0.3) is 0 Å². The third kappa shape index (κ3) is 3.85. The van der Waals surface area contributed by atoms with E-state index in [1.54, 1.807) is 0 Å².